The van der Waals surface area contributed by atoms with Gasteiger partial charge in [0.25, 0.3) is 0 Å². The number of benzene rings is 2. The number of carbonyl (C=O) groups is 2. The van der Waals surface area contributed by atoms with Gasteiger partial charge in [-0.1, -0.05) is 30.3 Å². The number of nitrogens with one attached hydrogen (secondary N) is 1. The molecule has 0 aliphatic carbocycles. The predicted octanol–water partition coefficient (Wildman–Crippen LogP) is 2.94. The second-order valence-corrected chi connectivity index (χ2v) is 5.53. The van der Waals surface area contributed by atoms with Crippen molar-refractivity contribution < 1.29 is 24.2 Å². The van der Waals surface area contributed by atoms with Gasteiger partial charge >= 0.3 is 11.9 Å². The summed E-state index contributed by atoms with van der Waals surface area (Å²) in [6.07, 6.45) is -1.37. The Hall–Kier alpha value is -2.86. The smallest absolute Gasteiger partial charge is 0.338 e. The summed E-state index contributed by atoms with van der Waals surface area (Å²) in [6.45, 7) is 3.92. The molecule has 0 unspecified atom stereocenters. The quantitative estimate of drug-likeness (QED) is 0.707. The number of anilines is 1. The molecule has 0 saturated heterocycles. The van der Waals surface area contributed by atoms with Crippen LogP contribution in [0.2, 0.25) is 0 Å². The number of hydrogen-bond donors (Lipinski definition) is 2. The lowest BCUT2D eigenvalue weighted by Crippen LogP contribution is -2.34. The monoisotopic (exact) mass is 357 g/mol. The third-order valence-corrected chi connectivity index (χ3v) is 3.72. The molecule has 2 aromatic carbocycles. The Morgan fingerprint density at radius 2 is 1.58 bits per heavy atom. The fourth-order valence-corrected chi connectivity index (χ4v) is 2.47. The molecule has 0 saturated carbocycles. The summed E-state index contributed by atoms with van der Waals surface area (Å²) in [5, 5.41) is 13.6. The van der Waals surface area contributed by atoms with Crippen molar-refractivity contribution in [2.75, 3.05) is 18.5 Å². The highest BCUT2D eigenvalue weighted by molar-refractivity contribution is 5.89. The number of ether oxygens (including phenoxy) is 2. The summed E-state index contributed by atoms with van der Waals surface area (Å²) in [4.78, 5) is 23.7. The molecule has 0 bridgehead atoms. The van der Waals surface area contributed by atoms with Gasteiger partial charge in [-0.25, -0.2) is 9.59 Å². The van der Waals surface area contributed by atoms with Crippen molar-refractivity contribution in [3.63, 3.8) is 0 Å². The van der Waals surface area contributed by atoms with Crippen LogP contribution in [0.5, 0.6) is 0 Å². The predicted molar refractivity (Wildman–Crippen MR) is 97.8 cm³/mol. The van der Waals surface area contributed by atoms with Gasteiger partial charge in [0.15, 0.2) is 6.10 Å². The summed E-state index contributed by atoms with van der Waals surface area (Å²) in [5.41, 5.74) is 1.82. The Morgan fingerprint density at radius 3 is 2.15 bits per heavy atom. The van der Waals surface area contributed by atoms with Gasteiger partial charge in [0.05, 0.1) is 24.8 Å². The van der Waals surface area contributed by atoms with Crippen molar-refractivity contribution in [3.8, 4) is 0 Å². The van der Waals surface area contributed by atoms with Gasteiger partial charge in [-0.05, 0) is 43.7 Å². The summed E-state index contributed by atoms with van der Waals surface area (Å²) in [7, 11) is 0. The van der Waals surface area contributed by atoms with Crippen LogP contribution in [-0.2, 0) is 14.3 Å². The van der Waals surface area contributed by atoms with Crippen molar-refractivity contribution in [2.45, 2.75) is 26.0 Å². The molecule has 0 radical (unpaired) electrons. The van der Waals surface area contributed by atoms with E-state index in [4.69, 9.17) is 9.47 Å². The maximum absolute atomic E-state index is 12.0. The zero-order valence-corrected chi connectivity index (χ0v) is 14.8. The molecule has 0 aromatic heterocycles. The highest BCUT2D eigenvalue weighted by atomic mass is 16.5. The van der Waals surface area contributed by atoms with Gasteiger partial charge in [0.2, 0.25) is 0 Å². The Kier molecular flexibility index (Phi) is 7.17. The zero-order valence-electron chi connectivity index (χ0n) is 14.8. The third-order valence-electron chi connectivity index (χ3n) is 3.72. The molecule has 138 valence electrons. The second kappa shape index (κ2) is 9.58. The molecule has 2 aromatic rings. The van der Waals surface area contributed by atoms with Crippen LogP contribution >= 0.6 is 0 Å². The van der Waals surface area contributed by atoms with E-state index in [2.05, 4.69) is 5.32 Å². The molecular formula is C20H23NO5. The van der Waals surface area contributed by atoms with Crippen LogP contribution in [0, 0.1) is 0 Å². The van der Waals surface area contributed by atoms with Crippen LogP contribution in [0.15, 0.2) is 54.6 Å². The fraction of sp³-hybridized carbons (Fsp3) is 0.300. The highest BCUT2D eigenvalue weighted by Gasteiger charge is 2.28. The lowest BCUT2D eigenvalue weighted by atomic mass is 10.0. The van der Waals surface area contributed by atoms with Crippen LogP contribution in [0.3, 0.4) is 0 Å². The molecule has 6 heteroatoms. The van der Waals surface area contributed by atoms with Crippen molar-refractivity contribution in [2.24, 2.45) is 0 Å². The molecule has 2 N–H and O–H groups in total. The van der Waals surface area contributed by atoms with Crippen molar-refractivity contribution in [1.29, 1.82) is 0 Å². The Morgan fingerprint density at radius 1 is 0.962 bits per heavy atom. The number of esters is 2. The first-order chi connectivity index (χ1) is 12.6. The van der Waals surface area contributed by atoms with Crippen LogP contribution in [0.25, 0.3) is 0 Å². The van der Waals surface area contributed by atoms with Crippen LogP contribution in [0.1, 0.15) is 35.8 Å². The van der Waals surface area contributed by atoms with E-state index in [1.54, 1.807) is 38.1 Å². The molecule has 2 atom stereocenters. The minimum atomic E-state index is -1.37. The summed E-state index contributed by atoms with van der Waals surface area (Å²) >= 11 is 0. The molecule has 0 aliphatic rings. The van der Waals surface area contributed by atoms with Gasteiger partial charge in [0.1, 0.15) is 0 Å². The van der Waals surface area contributed by atoms with E-state index in [0.29, 0.717) is 17.9 Å². The second-order valence-electron chi connectivity index (χ2n) is 5.53. The Balaban J connectivity index is 2.21. The first-order valence-corrected chi connectivity index (χ1v) is 8.50. The van der Waals surface area contributed by atoms with E-state index in [0.717, 1.165) is 5.56 Å². The van der Waals surface area contributed by atoms with E-state index in [1.165, 1.54) is 0 Å². The van der Waals surface area contributed by atoms with E-state index in [-0.39, 0.29) is 6.61 Å². The third kappa shape index (κ3) is 5.07. The van der Waals surface area contributed by atoms with Crippen molar-refractivity contribution in [1.82, 2.24) is 0 Å². The highest BCUT2D eigenvalue weighted by Crippen LogP contribution is 2.24. The van der Waals surface area contributed by atoms with Gasteiger partial charge in [-0.15, -0.1) is 0 Å². The number of hydrogen-bond acceptors (Lipinski definition) is 6. The number of carbonyl (C=O) groups excluding carboxylic acids is 2. The molecule has 26 heavy (non-hydrogen) atoms. The number of aliphatic hydroxyl groups is 1. The fourth-order valence-electron chi connectivity index (χ4n) is 2.47. The topological polar surface area (TPSA) is 84.9 Å². The Labute approximate surface area is 152 Å². The van der Waals surface area contributed by atoms with Crippen LogP contribution < -0.4 is 5.32 Å². The van der Waals surface area contributed by atoms with E-state index >= 15 is 0 Å². The molecule has 2 rings (SSSR count). The van der Waals surface area contributed by atoms with E-state index in [1.807, 2.05) is 30.3 Å². The summed E-state index contributed by atoms with van der Waals surface area (Å²) < 4.78 is 9.89. The standard InChI is InChI=1S/C20H23NO5/c1-3-25-19(23)15-10-12-16(13-11-15)21-17(14-8-6-5-7-9-14)18(22)20(24)26-4-2/h5-13,17-18,21-22H,3-4H2,1-2H3/t17-,18+/m0/s1. The number of aliphatic hydroxyl groups excluding tert-OH is 1. The summed E-state index contributed by atoms with van der Waals surface area (Å²) in [6, 6.07) is 15.1. The van der Waals surface area contributed by atoms with Gasteiger partial charge in [0, 0.05) is 5.69 Å². The molecule has 6 nitrogen and oxygen atoms in total. The SMILES string of the molecule is CCOC(=O)c1ccc(N[C@@H](c2ccccc2)[C@@H](O)C(=O)OCC)cc1. The van der Waals surface area contributed by atoms with Crippen LogP contribution in [0.4, 0.5) is 5.69 Å². The lowest BCUT2D eigenvalue weighted by Gasteiger charge is -2.24. The first-order valence-electron chi connectivity index (χ1n) is 8.50. The van der Waals surface area contributed by atoms with Gasteiger partial charge in [-0.3, -0.25) is 0 Å². The van der Waals surface area contributed by atoms with Crippen LogP contribution in [-0.4, -0.2) is 36.4 Å². The summed E-state index contributed by atoms with van der Waals surface area (Å²) in [5.74, 6) is -1.10. The molecular weight excluding hydrogens is 334 g/mol. The zero-order chi connectivity index (χ0) is 18.9. The molecule has 0 spiro atoms. The number of rotatable bonds is 8. The maximum Gasteiger partial charge on any atom is 0.338 e. The molecule has 0 amide bonds. The van der Waals surface area contributed by atoms with Crippen molar-refractivity contribution >= 4 is 17.6 Å². The largest absolute Gasteiger partial charge is 0.464 e. The van der Waals surface area contributed by atoms with Gasteiger partial charge in [-0.2, -0.15) is 0 Å². The minimum Gasteiger partial charge on any atom is -0.464 e. The maximum atomic E-state index is 12.0. The van der Waals surface area contributed by atoms with E-state index in [9.17, 15) is 14.7 Å². The van der Waals surface area contributed by atoms with E-state index < -0.39 is 24.1 Å². The molecule has 0 aliphatic heterocycles. The first kappa shape index (κ1) is 19.5. The average molecular weight is 357 g/mol. The molecule has 0 fully saturated rings. The lowest BCUT2D eigenvalue weighted by molar-refractivity contribution is -0.153. The molecule has 0 heterocycles. The van der Waals surface area contributed by atoms with Crippen molar-refractivity contribution in [3.05, 3.63) is 65.7 Å². The average Bonchev–Trinajstić information content (AvgIpc) is 2.67. The normalized spacial score (nSPS) is 12.7. The minimum absolute atomic E-state index is 0.186. The Bertz CT molecular complexity index is 715. The van der Waals surface area contributed by atoms with Gasteiger partial charge < -0.3 is 19.9 Å².